The number of likely N-dealkylation sites (N-methyl/N-ethyl adjacent to an activating group) is 1. The molecule has 0 saturated carbocycles. The second kappa shape index (κ2) is 8.32. The summed E-state index contributed by atoms with van der Waals surface area (Å²) in [6, 6.07) is 15.8. The number of nitriles is 1. The van der Waals surface area contributed by atoms with Gasteiger partial charge in [-0.3, -0.25) is 9.52 Å². The molecular formula is C19H19N3O3S. The van der Waals surface area contributed by atoms with E-state index in [0.717, 1.165) is 17.4 Å². The Bertz CT molecular complexity index is 941. The van der Waals surface area contributed by atoms with Gasteiger partial charge in [0, 0.05) is 25.4 Å². The van der Waals surface area contributed by atoms with Gasteiger partial charge in [0.05, 0.1) is 17.9 Å². The van der Waals surface area contributed by atoms with E-state index in [-0.39, 0.29) is 5.91 Å². The summed E-state index contributed by atoms with van der Waals surface area (Å²) in [5, 5.41) is 8.79. The number of hydrogen-bond acceptors (Lipinski definition) is 4. The molecule has 0 spiro atoms. The fraction of sp³-hybridized carbons (Fsp3) is 0.158. The Morgan fingerprint density at radius 1 is 1.15 bits per heavy atom. The molecule has 0 aliphatic rings. The molecule has 0 radical (unpaired) electrons. The molecule has 0 saturated heterocycles. The van der Waals surface area contributed by atoms with Crippen LogP contribution in [0, 0.1) is 11.3 Å². The molecule has 26 heavy (non-hydrogen) atoms. The summed E-state index contributed by atoms with van der Waals surface area (Å²) >= 11 is 0. The van der Waals surface area contributed by atoms with Gasteiger partial charge >= 0.3 is 0 Å². The van der Waals surface area contributed by atoms with Crippen molar-refractivity contribution < 1.29 is 13.2 Å². The fourth-order valence-electron chi connectivity index (χ4n) is 2.21. The maximum atomic E-state index is 12.2. The van der Waals surface area contributed by atoms with Gasteiger partial charge in [0.1, 0.15) is 0 Å². The lowest BCUT2D eigenvalue weighted by Gasteiger charge is -2.15. The summed E-state index contributed by atoms with van der Waals surface area (Å²) in [5.74, 6) is -0.160. The van der Waals surface area contributed by atoms with Crippen molar-refractivity contribution in [2.75, 3.05) is 18.0 Å². The van der Waals surface area contributed by atoms with Gasteiger partial charge in [-0.25, -0.2) is 8.42 Å². The Labute approximate surface area is 153 Å². The minimum atomic E-state index is -3.31. The van der Waals surface area contributed by atoms with Gasteiger partial charge in [0.15, 0.2) is 0 Å². The van der Waals surface area contributed by atoms with Crippen LogP contribution < -0.4 is 4.72 Å². The molecule has 6 nitrogen and oxygen atoms in total. The van der Waals surface area contributed by atoms with Crippen molar-refractivity contribution in [2.45, 2.75) is 6.54 Å². The normalized spacial score (nSPS) is 11.1. The van der Waals surface area contributed by atoms with Crippen LogP contribution >= 0.6 is 0 Å². The van der Waals surface area contributed by atoms with Crippen LogP contribution in [0.3, 0.4) is 0 Å². The van der Waals surface area contributed by atoms with Crippen LogP contribution in [0.25, 0.3) is 6.08 Å². The van der Waals surface area contributed by atoms with E-state index in [1.165, 1.54) is 6.08 Å². The molecule has 0 aliphatic carbocycles. The first-order valence-electron chi connectivity index (χ1n) is 7.77. The van der Waals surface area contributed by atoms with Crippen molar-refractivity contribution in [3.05, 3.63) is 71.3 Å². The van der Waals surface area contributed by atoms with E-state index in [1.54, 1.807) is 54.4 Å². The molecule has 2 rings (SSSR count). The van der Waals surface area contributed by atoms with Crippen LogP contribution in [-0.2, 0) is 21.4 Å². The number of nitrogens with zero attached hydrogens (tertiary/aromatic N) is 2. The average molecular weight is 369 g/mol. The van der Waals surface area contributed by atoms with Gasteiger partial charge in [-0.05, 0) is 41.5 Å². The van der Waals surface area contributed by atoms with E-state index >= 15 is 0 Å². The molecule has 0 fully saturated rings. The molecule has 0 aromatic heterocycles. The molecule has 1 amide bonds. The van der Waals surface area contributed by atoms with Gasteiger partial charge in [0.2, 0.25) is 15.9 Å². The van der Waals surface area contributed by atoms with Crippen molar-refractivity contribution in [3.8, 4) is 6.07 Å². The minimum Gasteiger partial charge on any atom is -0.338 e. The van der Waals surface area contributed by atoms with Gasteiger partial charge in [-0.2, -0.15) is 5.26 Å². The smallest absolute Gasteiger partial charge is 0.246 e. The number of sulfonamides is 1. The first-order valence-corrected chi connectivity index (χ1v) is 9.66. The highest BCUT2D eigenvalue weighted by Gasteiger charge is 2.06. The highest BCUT2D eigenvalue weighted by molar-refractivity contribution is 7.92. The molecule has 0 heterocycles. The van der Waals surface area contributed by atoms with E-state index in [9.17, 15) is 13.2 Å². The number of hydrogen-bond donors (Lipinski definition) is 1. The van der Waals surface area contributed by atoms with Crippen LogP contribution in [0.15, 0.2) is 54.6 Å². The lowest BCUT2D eigenvalue weighted by Crippen LogP contribution is -2.24. The van der Waals surface area contributed by atoms with Crippen molar-refractivity contribution in [1.82, 2.24) is 4.90 Å². The van der Waals surface area contributed by atoms with Gasteiger partial charge in [-0.15, -0.1) is 0 Å². The molecule has 0 bridgehead atoms. The molecule has 0 unspecified atom stereocenters. The number of amides is 1. The predicted molar refractivity (Wildman–Crippen MR) is 102 cm³/mol. The predicted octanol–water partition coefficient (Wildman–Crippen LogP) is 2.60. The Hall–Kier alpha value is -3.11. The third kappa shape index (κ3) is 6.07. The van der Waals surface area contributed by atoms with Gasteiger partial charge in [-0.1, -0.05) is 24.3 Å². The lowest BCUT2D eigenvalue weighted by atomic mass is 10.1. The molecule has 0 aliphatic heterocycles. The van der Waals surface area contributed by atoms with Crippen molar-refractivity contribution >= 4 is 27.7 Å². The van der Waals surface area contributed by atoms with E-state index in [2.05, 4.69) is 10.8 Å². The standard InChI is InChI=1S/C19H19N3O3S/c1-22(14-17-5-3-16(13-20)4-6-17)19(23)12-9-15-7-10-18(11-8-15)21-26(2,24)25/h3-12,21H,14H2,1-2H3/b12-9+. The summed E-state index contributed by atoms with van der Waals surface area (Å²) in [6.07, 6.45) is 4.22. The minimum absolute atomic E-state index is 0.160. The van der Waals surface area contributed by atoms with Crippen molar-refractivity contribution in [1.29, 1.82) is 5.26 Å². The number of carbonyl (C=O) groups excluding carboxylic acids is 1. The third-order valence-electron chi connectivity index (χ3n) is 3.51. The molecule has 1 N–H and O–H groups in total. The maximum absolute atomic E-state index is 12.2. The lowest BCUT2D eigenvalue weighted by molar-refractivity contribution is -0.125. The van der Waals surface area contributed by atoms with Crippen LogP contribution in [0.4, 0.5) is 5.69 Å². The summed E-state index contributed by atoms with van der Waals surface area (Å²) in [7, 11) is -1.61. The van der Waals surface area contributed by atoms with E-state index in [1.807, 2.05) is 12.1 Å². The number of anilines is 1. The zero-order valence-electron chi connectivity index (χ0n) is 14.5. The molecular weight excluding hydrogens is 350 g/mol. The van der Waals surface area contributed by atoms with Crippen LogP contribution in [0.1, 0.15) is 16.7 Å². The molecule has 2 aromatic rings. The van der Waals surface area contributed by atoms with Crippen LogP contribution in [0.5, 0.6) is 0 Å². The van der Waals surface area contributed by atoms with Crippen molar-refractivity contribution in [3.63, 3.8) is 0 Å². The molecule has 0 atom stereocenters. The Balaban J connectivity index is 1.96. The quantitative estimate of drug-likeness (QED) is 0.793. The Morgan fingerprint density at radius 2 is 1.77 bits per heavy atom. The second-order valence-corrected chi connectivity index (χ2v) is 7.58. The SMILES string of the molecule is CN(Cc1ccc(C#N)cc1)C(=O)/C=C/c1ccc(NS(C)(=O)=O)cc1. The summed E-state index contributed by atoms with van der Waals surface area (Å²) in [4.78, 5) is 13.8. The second-order valence-electron chi connectivity index (χ2n) is 5.83. The van der Waals surface area contributed by atoms with Crippen molar-refractivity contribution in [2.24, 2.45) is 0 Å². The maximum Gasteiger partial charge on any atom is 0.246 e. The summed E-state index contributed by atoms with van der Waals surface area (Å²) in [5.41, 5.74) is 2.76. The topological polar surface area (TPSA) is 90.3 Å². The van der Waals surface area contributed by atoms with Crippen LogP contribution in [0.2, 0.25) is 0 Å². The Kier molecular flexibility index (Phi) is 6.15. The first-order chi connectivity index (χ1) is 12.3. The van der Waals surface area contributed by atoms with E-state index in [4.69, 9.17) is 5.26 Å². The molecule has 2 aromatic carbocycles. The largest absolute Gasteiger partial charge is 0.338 e. The van der Waals surface area contributed by atoms with Gasteiger partial charge in [0.25, 0.3) is 0 Å². The van der Waals surface area contributed by atoms with E-state index < -0.39 is 10.0 Å². The number of benzene rings is 2. The number of nitrogens with one attached hydrogen (secondary N) is 1. The monoisotopic (exact) mass is 369 g/mol. The first kappa shape index (κ1) is 19.2. The third-order valence-corrected chi connectivity index (χ3v) is 4.12. The zero-order valence-corrected chi connectivity index (χ0v) is 15.3. The fourth-order valence-corrected chi connectivity index (χ4v) is 2.77. The number of rotatable bonds is 6. The summed E-state index contributed by atoms with van der Waals surface area (Å²) < 4.78 is 24.7. The highest BCUT2D eigenvalue weighted by Crippen LogP contribution is 2.12. The number of carbonyl (C=O) groups is 1. The zero-order chi connectivity index (χ0) is 19.2. The molecule has 7 heteroatoms. The highest BCUT2D eigenvalue weighted by atomic mass is 32.2. The average Bonchev–Trinajstić information content (AvgIpc) is 2.60. The molecule has 134 valence electrons. The van der Waals surface area contributed by atoms with E-state index in [0.29, 0.717) is 17.8 Å². The Morgan fingerprint density at radius 3 is 2.31 bits per heavy atom. The summed E-state index contributed by atoms with van der Waals surface area (Å²) in [6.45, 7) is 0.437. The van der Waals surface area contributed by atoms with Gasteiger partial charge < -0.3 is 4.90 Å². The van der Waals surface area contributed by atoms with Crippen LogP contribution in [-0.4, -0.2) is 32.5 Å².